The van der Waals surface area contributed by atoms with Gasteiger partial charge in [0.15, 0.2) is 5.82 Å². The van der Waals surface area contributed by atoms with Crippen molar-refractivity contribution in [2.45, 2.75) is 43.8 Å². The Morgan fingerprint density at radius 1 is 1.55 bits per heavy atom. The molecule has 0 spiro atoms. The average molecular weight is 336 g/mol. The molecule has 0 saturated carbocycles. The van der Waals surface area contributed by atoms with Crippen LogP contribution in [0.1, 0.15) is 32.6 Å². The zero-order valence-corrected chi connectivity index (χ0v) is 14.3. The Bertz CT molecular complexity index is 611. The molecule has 0 aliphatic carbocycles. The fraction of sp³-hybridized carbons (Fsp3) is 0.533. The number of hydrogen-bond donors (Lipinski definition) is 1. The van der Waals surface area contributed by atoms with E-state index in [0.717, 1.165) is 36.5 Å². The Kier molecular flexibility index (Phi) is 5.15. The largest absolute Gasteiger partial charge is 0.339 e. The maximum atomic E-state index is 12.4. The molecule has 1 N–H and O–H groups in total. The highest BCUT2D eigenvalue weighted by atomic mass is 32.2. The standard InChI is InChI=1S/C15H20N4OS2/c1-2-11-6-3-4-8-19(11)13(20)10-22-15-16-14(17-18-15)12-7-5-9-21-12/h5,7,9,11H,2-4,6,8,10H2,1H3,(H,16,17,18)/t11-/m0/s1. The van der Waals surface area contributed by atoms with E-state index in [0.29, 0.717) is 17.0 Å². The average Bonchev–Trinajstić information content (AvgIpc) is 3.23. The van der Waals surface area contributed by atoms with Gasteiger partial charge in [0.2, 0.25) is 11.1 Å². The lowest BCUT2D eigenvalue weighted by molar-refractivity contribution is -0.132. The predicted octanol–water partition coefficient (Wildman–Crippen LogP) is 3.42. The van der Waals surface area contributed by atoms with Crippen LogP contribution in [0.3, 0.4) is 0 Å². The summed E-state index contributed by atoms with van der Waals surface area (Å²) in [6, 6.07) is 4.40. The van der Waals surface area contributed by atoms with Gasteiger partial charge in [0.25, 0.3) is 0 Å². The molecule has 1 amide bonds. The summed E-state index contributed by atoms with van der Waals surface area (Å²) in [6.45, 7) is 3.05. The zero-order chi connectivity index (χ0) is 15.4. The van der Waals surface area contributed by atoms with Crippen molar-refractivity contribution in [3.63, 3.8) is 0 Å². The Morgan fingerprint density at radius 3 is 3.23 bits per heavy atom. The summed E-state index contributed by atoms with van der Waals surface area (Å²) >= 11 is 3.03. The minimum atomic E-state index is 0.207. The van der Waals surface area contributed by atoms with Gasteiger partial charge in [-0.3, -0.25) is 9.89 Å². The molecule has 1 fully saturated rings. The molecular formula is C15H20N4OS2. The Morgan fingerprint density at radius 2 is 2.45 bits per heavy atom. The summed E-state index contributed by atoms with van der Waals surface area (Å²) in [6.07, 6.45) is 4.53. The van der Waals surface area contributed by atoms with Crippen molar-refractivity contribution in [3.05, 3.63) is 17.5 Å². The molecule has 1 aliphatic heterocycles. The van der Waals surface area contributed by atoms with Crippen LogP contribution in [0, 0.1) is 0 Å². The molecule has 7 heteroatoms. The lowest BCUT2D eigenvalue weighted by atomic mass is 10.0. The van der Waals surface area contributed by atoms with Gasteiger partial charge in [-0.25, -0.2) is 4.98 Å². The number of piperidine rings is 1. The third-order valence-electron chi connectivity index (χ3n) is 3.96. The van der Waals surface area contributed by atoms with Crippen LogP contribution in [0.25, 0.3) is 10.7 Å². The van der Waals surface area contributed by atoms with E-state index >= 15 is 0 Å². The normalized spacial score (nSPS) is 18.6. The number of aromatic nitrogens is 3. The highest BCUT2D eigenvalue weighted by molar-refractivity contribution is 7.99. The summed E-state index contributed by atoms with van der Waals surface area (Å²) < 4.78 is 0. The second-order valence-electron chi connectivity index (χ2n) is 5.38. The molecule has 3 heterocycles. The molecule has 0 unspecified atom stereocenters. The zero-order valence-electron chi connectivity index (χ0n) is 12.6. The summed E-state index contributed by atoms with van der Waals surface area (Å²) in [5.41, 5.74) is 0. The topological polar surface area (TPSA) is 61.9 Å². The number of carbonyl (C=O) groups excluding carboxylic acids is 1. The number of aromatic amines is 1. The molecule has 118 valence electrons. The molecule has 1 aliphatic rings. The lowest BCUT2D eigenvalue weighted by Gasteiger charge is -2.35. The van der Waals surface area contributed by atoms with Crippen molar-refractivity contribution in [2.75, 3.05) is 12.3 Å². The van der Waals surface area contributed by atoms with Gasteiger partial charge >= 0.3 is 0 Å². The van der Waals surface area contributed by atoms with E-state index in [-0.39, 0.29) is 5.91 Å². The number of amides is 1. The van der Waals surface area contributed by atoms with Crippen LogP contribution in [-0.4, -0.2) is 44.3 Å². The van der Waals surface area contributed by atoms with Crippen LogP contribution < -0.4 is 0 Å². The van der Waals surface area contributed by atoms with Gasteiger partial charge in [0.05, 0.1) is 10.6 Å². The number of thioether (sulfide) groups is 1. The van der Waals surface area contributed by atoms with Crippen LogP contribution in [0.5, 0.6) is 0 Å². The maximum absolute atomic E-state index is 12.4. The highest BCUT2D eigenvalue weighted by Gasteiger charge is 2.25. The number of rotatable bonds is 5. The lowest BCUT2D eigenvalue weighted by Crippen LogP contribution is -2.44. The molecule has 1 saturated heterocycles. The monoisotopic (exact) mass is 336 g/mol. The van der Waals surface area contributed by atoms with Gasteiger partial charge in [-0.15, -0.1) is 16.4 Å². The predicted molar refractivity (Wildman–Crippen MR) is 90.1 cm³/mol. The molecule has 2 aromatic heterocycles. The Labute approximate surface area is 138 Å². The molecule has 5 nitrogen and oxygen atoms in total. The Hall–Kier alpha value is -1.34. The first-order chi connectivity index (χ1) is 10.8. The Balaban J connectivity index is 1.57. The van der Waals surface area contributed by atoms with Crippen LogP contribution >= 0.6 is 23.1 Å². The van der Waals surface area contributed by atoms with Gasteiger partial charge < -0.3 is 4.90 Å². The molecule has 0 bridgehead atoms. The molecule has 0 aromatic carbocycles. The smallest absolute Gasteiger partial charge is 0.233 e. The van der Waals surface area contributed by atoms with E-state index in [9.17, 15) is 4.79 Å². The summed E-state index contributed by atoms with van der Waals surface area (Å²) in [4.78, 5) is 20.0. The minimum Gasteiger partial charge on any atom is -0.339 e. The number of hydrogen-bond acceptors (Lipinski definition) is 5. The molecule has 22 heavy (non-hydrogen) atoms. The number of nitrogens with one attached hydrogen (secondary N) is 1. The third kappa shape index (κ3) is 3.52. The van der Waals surface area contributed by atoms with E-state index in [1.54, 1.807) is 11.3 Å². The summed E-state index contributed by atoms with van der Waals surface area (Å²) in [5, 5.41) is 9.78. The van der Waals surface area contributed by atoms with Crippen molar-refractivity contribution in [2.24, 2.45) is 0 Å². The van der Waals surface area contributed by atoms with E-state index in [4.69, 9.17) is 0 Å². The van der Waals surface area contributed by atoms with Crippen molar-refractivity contribution in [1.82, 2.24) is 20.1 Å². The van der Waals surface area contributed by atoms with Crippen molar-refractivity contribution < 1.29 is 4.79 Å². The van der Waals surface area contributed by atoms with Gasteiger partial charge in [-0.2, -0.15) is 0 Å². The van der Waals surface area contributed by atoms with Crippen LogP contribution in [0.2, 0.25) is 0 Å². The molecule has 2 aromatic rings. The second-order valence-corrected chi connectivity index (χ2v) is 7.27. The van der Waals surface area contributed by atoms with Gasteiger partial charge in [-0.05, 0) is 37.1 Å². The number of thiophene rings is 1. The fourth-order valence-corrected chi connectivity index (χ4v) is 4.15. The van der Waals surface area contributed by atoms with Crippen molar-refractivity contribution in [3.8, 4) is 10.7 Å². The molecular weight excluding hydrogens is 316 g/mol. The van der Waals surface area contributed by atoms with Crippen LogP contribution in [0.15, 0.2) is 22.7 Å². The first-order valence-corrected chi connectivity index (χ1v) is 9.53. The first kappa shape index (κ1) is 15.6. The van der Waals surface area contributed by atoms with Crippen molar-refractivity contribution >= 4 is 29.0 Å². The summed E-state index contributed by atoms with van der Waals surface area (Å²) in [7, 11) is 0. The minimum absolute atomic E-state index is 0.207. The van der Waals surface area contributed by atoms with E-state index in [1.807, 2.05) is 22.4 Å². The fourth-order valence-electron chi connectivity index (χ4n) is 2.80. The second kappa shape index (κ2) is 7.28. The van der Waals surface area contributed by atoms with E-state index in [2.05, 4.69) is 22.1 Å². The highest BCUT2D eigenvalue weighted by Crippen LogP contribution is 2.24. The number of likely N-dealkylation sites (tertiary alicyclic amines) is 1. The van der Waals surface area contributed by atoms with E-state index < -0.39 is 0 Å². The van der Waals surface area contributed by atoms with Crippen LogP contribution in [0.4, 0.5) is 0 Å². The number of H-pyrrole nitrogens is 1. The first-order valence-electron chi connectivity index (χ1n) is 7.66. The molecule has 1 atom stereocenters. The van der Waals surface area contributed by atoms with Crippen molar-refractivity contribution in [1.29, 1.82) is 0 Å². The van der Waals surface area contributed by atoms with Gasteiger partial charge in [0.1, 0.15) is 0 Å². The van der Waals surface area contributed by atoms with Gasteiger partial charge in [0, 0.05) is 12.6 Å². The maximum Gasteiger partial charge on any atom is 0.233 e. The molecule has 0 radical (unpaired) electrons. The van der Waals surface area contributed by atoms with E-state index in [1.165, 1.54) is 18.2 Å². The number of carbonyl (C=O) groups is 1. The number of nitrogens with zero attached hydrogens (tertiary/aromatic N) is 3. The summed E-state index contributed by atoms with van der Waals surface area (Å²) in [5.74, 6) is 1.39. The molecule has 3 rings (SSSR count). The SMILES string of the molecule is CC[C@H]1CCCCN1C(=O)CSc1n[nH]c(-c2cccs2)n1. The van der Waals surface area contributed by atoms with Gasteiger partial charge in [-0.1, -0.05) is 24.8 Å². The third-order valence-corrected chi connectivity index (χ3v) is 5.67. The quantitative estimate of drug-likeness (QED) is 0.850. The van der Waals surface area contributed by atoms with Crippen LogP contribution in [-0.2, 0) is 4.79 Å².